The van der Waals surface area contributed by atoms with Crippen LogP contribution in [0.25, 0.3) is 0 Å². The molecule has 0 aromatic heterocycles. The van der Waals surface area contributed by atoms with Gasteiger partial charge in [0.2, 0.25) is 0 Å². The first kappa shape index (κ1) is 32.5. The van der Waals surface area contributed by atoms with Crippen molar-refractivity contribution in [3.05, 3.63) is 0 Å². The first-order valence-corrected chi connectivity index (χ1v) is 15.0. The Hall–Kier alpha value is -0.540. The lowest BCUT2D eigenvalue weighted by molar-refractivity contribution is -0.147. The Labute approximate surface area is 211 Å². The maximum Gasteiger partial charge on any atom is 0.472 e. The molecule has 1 rings (SSSR count). The van der Waals surface area contributed by atoms with Crippen LogP contribution in [0.2, 0.25) is 0 Å². The van der Waals surface area contributed by atoms with E-state index in [1.807, 2.05) is 0 Å². The van der Waals surface area contributed by atoms with Crippen molar-refractivity contribution in [3.8, 4) is 0 Å². The highest BCUT2D eigenvalue weighted by Gasteiger charge is 2.35. The number of ether oxygens (including phenoxy) is 1. The van der Waals surface area contributed by atoms with Crippen LogP contribution in [-0.2, 0) is 23.1 Å². The molecule has 1 aliphatic carbocycles. The number of aliphatic hydroxyl groups excluding tert-OH is 3. The van der Waals surface area contributed by atoms with Gasteiger partial charge in [-0.3, -0.25) is 13.8 Å². The van der Waals surface area contributed by atoms with Crippen LogP contribution in [0.1, 0.15) is 103 Å². The molecule has 1 fully saturated rings. The number of hydrogen-bond acceptors (Lipinski definition) is 8. The Morgan fingerprint density at radius 2 is 1.34 bits per heavy atom. The Bertz CT molecular complexity index is 589. The van der Waals surface area contributed by atoms with Gasteiger partial charge in [0.1, 0.15) is 18.8 Å². The molecule has 0 aromatic rings. The molecule has 9 nitrogen and oxygen atoms in total. The average molecular weight is 525 g/mol. The van der Waals surface area contributed by atoms with Gasteiger partial charge in [-0.05, 0) is 24.7 Å². The number of rotatable bonds is 24. The van der Waals surface area contributed by atoms with Crippen LogP contribution in [0.5, 0.6) is 0 Å². The van der Waals surface area contributed by atoms with Crippen LogP contribution >= 0.6 is 7.82 Å². The summed E-state index contributed by atoms with van der Waals surface area (Å²) in [6, 6.07) is 0. The summed E-state index contributed by atoms with van der Waals surface area (Å²) in [5, 5.41) is 27.5. The topological polar surface area (TPSA) is 143 Å². The van der Waals surface area contributed by atoms with E-state index in [4.69, 9.17) is 14.9 Å². The van der Waals surface area contributed by atoms with Crippen molar-refractivity contribution in [2.24, 2.45) is 11.8 Å². The zero-order chi connectivity index (χ0) is 25.9. The van der Waals surface area contributed by atoms with Crippen LogP contribution < -0.4 is 0 Å². The van der Waals surface area contributed by atoms with Crippen molar-refractivity contribution in [2.75, 3.05) is 26.4 Å². The normalized spacial score (nSPS) is 20.8. The maximum atomic E-state index is 11.8. The van der Waals surface area contributed by atoms with E-state index in [9.17, 15) is 19.4 Å². The smallest absolute Gasteiger partial charge is 0.463 e. The first-order chi connectivity index (χ1) is 16.8. The fourth-order valence-corrected chi connectivity index (χ4v) is 4.97. The highest BCUT2D eigenvalue weighted by Crippen LogP contribution is 2.46. The van der Waals surface area contributed by atoms with E-state index in [1.54, 1.807) is 0 Å². The monoisotopic (exact) mass is 524 g/mol. The number of phosphoric acid groups is 1. The minimum Gasteiger partial charge on any atom is -0.463 e. The second-order valence-electron chi connectivity index (χ2n) is 9.85. The summed E-state index contributed by atoms with van der Waals surface area (Å²) >= 11 is 0. The van der Waals surface area contributed by atoms with E-state index < -0.39 is 45.8 Å². The summed E-state index contributed by atoms with van der Waals surface area (Å²) in [5.41, 5.74) is 0. The summed E-state index contributed by atoms with van der Waals surface area (Å²) in [6.07, 6.45) is 15.4. The van der Waals surface area contributed by atoms with Crippen molar-refractivity contribution in [2.45, 2.75) is 115 Å². The quantitative estimate of drug-likeness (QED) is 0.0815. The van der Waals surface area contributed by atoms with E-state index in [0.29, 0.717) is 0 Å². The molecule has 0 saturated heterocycles. The average Bonchev–Trinajstić information content (AvgIpc) is 3.59. The fraction of sp³-hybridized carbons (Fsp3) is 0.960. The second kappa shape index (κ2) is 19.6. The summed E-state index contributed by atoms with van der Waals surface area (Å²) in [7, 11) is -4.48. The van der Waals surface area contributed by atoms with E-state index >= 15 is 0 Å². The van der Waals surface area contributed by atoms with Gasteiger partial charge < -0.3 is 24.9 Å². The Morgan fingerprint density at radius 1 is 0.829 bits per heavy atom. The van der Waals surface area contributed by atoms with Gasteiger partial charge in [-0.25, -0.2) is 4.57 Å². The zero-order valence-corrected chi connectivity index (χ0v) is 22.4. The number of carbonyl (C=O) groups excluding carboxylic acids is 1. The van der Waals surface area contributed by atoms with E-state index in [0.717, 1.165) is 31.1 Å². The minimum absolute atomic E-state index is 0.275. The molecule has 0 spiro atoms. The third-order valence-electron chi connectivity index (χ3n) is 6.46. The Balaban J connectivity index is 1.91. The highest BCUT2D eigenvalue weighted by atomic mass is 31.2. The molecule has 4 N–H and O–H groups in total. The molecule has 1 aliphatic rings. The lowest BCUT2D eigenvalue weighted by Gasteiger charge is -2.16. The van der Waals surface area contributed by atoms with Gasteiger partial charge in [0.05, 0.1) is 19.8 Å². The minimum atomic E-state index is -4.48. The zero-order valence-electron chi connectivity index (χ0n) is 21.5. The largest absolute Gasteiger partial charge is 0.472 e. The van der Waals surface area contributed by atoms with E-state index in [-0.39, 0.29) is 13.0 Å². The first-order valence-electron chi connectivity index (χ1n) is 13.5. The van der Waals surface area contributed by atoms with Gasteiger partial charge in [-0.2, -0.15) is 0 Å². The third-order valence-corrected chi connectivity index (χ3v) is 7.41. The summed E-state index contributed by atoms with van der Waals surface area (Å²) < 4.78 is 25.6. The number of carbonyl (C=O) groups is 1. The van der Waals surface area contributed by atoms with Gasteiger partial charge in [0.15, 0.2) is 0 Å². The van der Waals surface area contributed by atoms with Crippen LogP contribution in [0, 0.1) is 11.8 Å². The second-order valence-corrected chi connectivity index (χ2v) is 11.3. The summed E-state index contributed by atoms with van der Waals surface area (Å²) in [6.45, 7) is 0.122. The standard InChI is InChI=1S/C25H49O9P/c1-2-3-4-5-7-10-13-21-16-22(21)14-11-8-6-9-12-15-25(29)32-18-24(28)20-34-35(30,31)33-19-23(27)17-26/h21-24,26-28H,2-20H2,1H3,(H,30,31)/t21?,22?,23?,24-/m1/s1. The lowest BCUT2D eigenvalue weighted by Crippen LogP contribution is -2.24. The van der Waals surface area contributed by atoms with Gasteiger partial charge in [-0.15, -0.1) is 0 Å². The molecule has 35 heavy (non-hydrogen) atoms. The SMILES string of the molecule is CCCCCCCCC1CC1CCCCCCCC(=O)OC[C@@H](O)COP(=O)(O)OCC(O)CO. The highest BCUT2D eigenvalue weighted by molar-refractivity contribution is 7.47. The molecule has 0 heterocycles. The van der Waals surface area contributed by atoms with Crippen molar-refractivity contribution in [1.82, 2.24) is 0 Å². The van der Waals surface area contributed by atoms with E-state index in [2.05, 4.69) is 16.0 Å². The maximum absolute atomic E-state index is 11.8. The van der Waals surface area contributed by atoms with E-state index in [1.165, 1.54) is 70.6 Å². The third kappa shape index (κ3) is 18.4. The van der Waals surface area contributed by atoms with Crippen LogP contribution in [-0.4, -0.2) is 64.8 Å². The van der Waals surface area contributed by atoms with Crippen molar-refractivity contribution in [1.29, 1.82) is 0 Å². The molecular formula is C25H49O9P. The lowest BCUT2D eigenvalue weighted by atomic mass is 10.0. The van der Waals surface area contributed by atoms with Crippen molar-refractivity contribution < 1.29 is 43.4 Å². The molecule has 4 unspecified atom stereocenters. The number of aliphatic hydroxyl groups is 3. The van der Waals surface area contributed by atoms with Crippen LogP contribution in [0.4, 0.5) is 0 Å². The molecule has 208 valence electrons. The van der Waals surface area contributed by atoms with Gasteiger partial charge in [0, 0.05) is 6.42 Å². The summed E-state index contributed by atoms with van der Waals surface area (Å²) in [5.74, 6) is 1.51. The Kier molecular flexibility index (Phi) is 18.2. The summed E-state index contributed by atoms with van der Waals surface area (Å²) in [4.78, 5) is 21.2. The molecule has 0 aliphatic heterocycles. The number of hydrogen-bond donors (Lipinski definition) is 4. The van der Waals surface area contributed by atoms with Gasteiger partial charge in [-0.1, -0.05) is 84.0 Å². The molecular weight excluding hydrogens is 475 g/mol. The Morgan fingerprint density at radius 3 is 1.91 bits per heavy atom. The van der Waals surface area contributed by atoms with Crippen molar-refractivity contribution in [3.63, 3.8) is 0 Å². The molecule has 5 atom stereocenters. The fourth-order valence-electron chi connectivity index (χ4n) is 4.17. The van der Waals surface area contributed by atoms with Gasteiger partial charge in [0.25, 0.3) is 0 Å². The predicted molar refractivity (Wildman–Crippen MR) is 134 cm³/mol. The molecule has 10 heteroatoms. The molecule has 1 saturated carbocycles. The van der Waals surface area contributed by atoms with Crippen molar-refractivity contribution >= 4 is 13.8 Å². The molecule has 0 bridgehead atoms. The van der Waals surface area contributed by atoms with Gasteiger partial charge >= 0.3 is 13.8 Å². The number of phosphoric ester groups is 1. The molecule has 0 aromatic carbocycles. The predicted octanol–water partition coefficient (Wildman–Crippen LogP) is 4.49. The number of esters is 1. The van der Waals surface area contributed by atoms with Crippen LogP contribution in [0.3, 0.4) is 0 Å². The number of unbranched alkanes of at least 4 members (excludes halogenated alkanes) is 9. The molecule has 0 radical (unpaired) electrons. The molecule has 0 amide bonds. The van der Waals surface area contributed by atoms with Crippen LogP contribution in [0.15, 0.2) is 0 Å².